The van der Waals surface area contributed by atoms with Crippen LogP contribution < -0.4 is 4.72 Å². The van der Waals surface area contributed by atoms with Crippen LogP contribution in [0.5, 0.6) is 0 Å². The Morgan fingerprint density at radius 1 is 1.30 bits per heavy atom. The van der Waals surface area contributed by atoms with Crippen LogP contribution in [0.2, 0.25) is 0 Å². The molecule has 0 aliphatic rings. The molecule has 1 heterocycles. The fourth-order valence-corrected chi connectivity index (χ4v) is 4.22. The van der Waals surface area contributed by atoms with E-state index in [4.69, 9.17) is 0 Å². The summed E-state index contributed by atoms with van der Waals surface area (Å²) in [6.07, 6.45) is 1.57. The summed E-state index contributed by atoms with van der Waals surface area (Å²) in [6.45, 7) is 2.08. The number of halogens is 2. The number of aromatic nitrogens is 2. The average Bonchev–Trinajstić information content (AvgIpc) is 2.86. The van der Waals surface area contributed by atoms with Gasteiger partial charge in [0.1, 0.15) is 0 Å². The number of hydrogen-bond donors (Lipinski definition) is 1. The highest BCUT2D eigenvalue weighted by Gasteiger charge is 2.18. The number of hydrogen-bond acceptors (Lipinski definition) is 5. The van der Waals surface area contributed by atoms with Gasteiger partial charge in [0.2, 0.25) is 16.4 Å². The molecule has 0 saturated heterocycles. The number of aryl methyl sites for hydroxylation is 1. The number of nitrogens with one attached hydrogen (secondary N) is 1. The van der Waals surface area contributed by atoms with Gasteiger partial charge in [-0.15, -0.1) is 0 Å². The third-order valence-corrected chi connectivity index (χ3v) is 5.82. The fourth-order valence-electron chi connectivity index (χ4n) is 1.51. The minimum atomic E-state index is -3.60. The van der Waals surface area contributed by atoms with Crippen molar-refractivity contribution in [2.75, 3.05) is 6.54 Å². The van der Waals surface area contributed by atoms with Crippen molar-refractivity contribution in [3.05, 3.63) is 38.9 Å². The fraction of sp³-hybridized carbons (Fsp3) is 0.273. The monoisotopic (exact) mass is 423 g/mol. The molecule has 2 aromatic rings. The summed E-state index contributed by atoms with van der Waals surface area (Å²) in [5.74, 6) is 0.455. The first-order valence-corrected chi connectivity index (χ1v) is 8.67. The second-order valence-corrected chi connectivity index (χ2v) is 7.47. The van der Waals surface area contributed by atoms with Gasteiger partial charge in [0.05, 0.1) is 4.90 Å². The van der Waals surface area contributed by atoms with Gasteiger partial charge in [-0.1, -0.05) is 21.1 Å². The predicted molar refractivity (Wildman–Crippen MR) is 79.8 cm³/mol. The zero-order valence-electron chi connectivity index (χ0n) is 10.4. The molecular weight excluding hydrogens is 414 g/mol. The first-order chi connectivity index (χ1) is 9.40. The van der Waals surface area contributed by atoms with E-state index in [1.165, 1.54) is 6.39 Å². The van der Waals surface area contributed by atoms with Crippen LogP contribution in [0.1, 0.15) is 11.4 Å². The lowest BCUT2D eigenvalue weighted by atomic mass is 10.2. The van der Waals surface area contributed by atoms with Gasteiger partial charge in [-0.05, 0) is 40.5 Å². The van der Waals surface area contributed by atoms with E-state index in [0.717, 1.165) is 10.0 Å². The molecule has 0 amide bonds. The highest BCUT2D eigenvalue weighted by molar-refractivity contribution is 9.11. The van der Waals surface area contributed by atoms with Crippen LogP contribution in [0.15, 0.2) is 36.9 Å². The molecule has 0 fully saturated rings. The van der Waals surface area contributed by atoms with Gasteiger partial charge < -0.3 is 4.52 Å². The third kappa shape index (κ3) is 3.66. The molecule has 0 atom stereocenters. The Labute approximate surface area is 133 Å². The summed E-state index contributed by atoms with van der Waals surface area (Å²) in [6, 6.07) is 3.31. The van der Waals surface area contributed by atoms with Gasteiger partial charge in [-0.3, -0.25) is 0 Å². The van der Waals surface area contributed by atoms with Gasteiger partial charge >= 0.3 is 0 Å². The normalized spacial score (nSPS) is 11.8. The van der Waals surface area contributed by atoms with Crippen LogP contribution in [0.4, 0.5) is 0 Å². The lowest BCUT2D eigenvalue weighted by Gasteiger charge is -2.09. The summed E-state index contributed by atoms with van der Waals surface area (Å²) in [5, 5.41) is 3.61. The molecule has 0 spiro atoms. The Morgan fingerprint density at radius 3 is 2.70 bits per heavy atom. The summed E-state index contributed by atoms with van der Waals surface area (Å²) in [4.78, 5) is 4.01. The molecule has 9 heteroatoms. The SMILES string of the molecule is Cc1cc(Br)c(S(=O)(=O)NCCc2ncon2)cc1Br. The number of benzene rings is 1. The van der Waals surface area contributed by atoms with Crippen molar-refractivity contribution in [3.8, 4) is 0 Å². The highest BCUT2D eigenvalue weighted by Crippen LogP contribution is 2.28. The Kier molecular flexibility index (Phi) is 4.95. The molecule has 0 aliphatic heterocycles. The average molecular weight is 425 g/mol. The van der Waals surface area contributed by atoms with Crippen LogP contribution in [0, 0.1) is 6.92 Å². The maximum Gasteiger partial charge on any atom is 0.241 e. The van der Waals surface area contributed by atoms with E-state index in [-0.39, 0.29) is 11.4 Å². The molecule has 0 aliphatic carbocycles. The molecule has 0 saturated carbocycles. The van der Waals surface area contributed by atoms with Crippen molar-refractivity contribution in [1.29, 1.82) is 0 Å². The van der Waals surface area contributed by atoms with E-state index in [1.807, 2.05) is 6.92 Å². The Bertz CT molecular complexity index is 702. The van der Waals surface area contributed by atoms with E-state index in [0.29, 0.717) is 16.7 Å². The number of sulfonamides is 1. The molecule has 6 nitrogen and oxygen atoms in total. The topological polar surface area (TPSA) is 85.1 Å². The van der Waals surface area contributed by atoms with Gasteiger partial charge in [-0.25, -0.2) is 13.1 Å². The zero-order chi connectivity index (χ0) is 14.8. The van der Waals surface area contributed by atoms with Gasteiger partial charge in [-0.2, -0.15) is 4.98 Å². The molecule has 0 unspecified atom stereocenters. The van der Waals surface area contributed by atoms with Crippen molar-refractivity contribution < 1.29 is 12.9 Å². The Hall–Kier alpha value is -0.770. The molecule has 1 aromatic heterocycles. The first-order valence-electron chi connectivity index (χ1n) is 5.61. The molecule has 2 rings (SSSR count). The van der Waals surface area contributed by atoms with Gasteiger partial charge in [0.15, 0.2) is 5.82 Å². The molecule has 1 N–H and O–H groups in total. The molecule has 0 radical (unpaired) electrons. The summed E-state index contributed by atoms with van der Waals surface area (Å²) in [7, 11) is -3.60. The second kappa shape index (κ2) is 6.33. The van der Waals surface area contributed by atoms with Crippen molar-refractivity contribution >= 4 is 41.9 Å². The molecule has 108 valence electrons. The van der Waals surface area contributed by atoms with Gasteiger partial charge in [0.25, 0.3) is 0 Å². The van der Waals surface area contributed by atoms with Crippen molar-refractivity contribution in [3.63, 3.8) is 0 Å². The zero-order valence-corrected chi connectivity index (χ0v) is 14.4. The van der Waals surface area contributed by atoms with E-state index in [1.54, 1.807) is 12.1 Å². The molecule has 0 bridgehead atoms. The second-order valence-electron chi connectivity index (χ2n) is 4.03. The van der Waals surface area contributed by atoms with Crippen LogP contribution in [0.3, 0.4) is 0 Å². The smallest absolute Gasteiger partial charge is 0.241 e. The molecular formula is C11H11Br2N3O3S. The largest absolute Gasteiger partial charge is 0.343 e. The van der Waals surface area contributed by atoms with E-state index in [2.05, 4.69) is 51.2 Å². The number of rotatable bonds is 5. The maximum absolute atomic E-state index is 12.2. The summed E-state index contributed by atoms with van der Waals surface area (Å²) in [5.41, 5.74) is 0.947. The van der Waals surface area contributed by atoms with Gasteiger partial charge in [0, 0.05) is 21.9 Å². The minimum Gasteiger partial charge on any atom is -0.343 e. The van der Waals surface area contributed by atoms with Crippen molar-refractivity contribution in [2.24, 2.45) is 0 Å². The Balaban J connectivity index is 2.12. The minimum absolute atomic E-state index is 0.183. The van der Waals surface area contributed by atoms with E-state index < -0.39 is 10.0 Å². The lowest BCUT2D eigenvalue weighted by molar-refractivity contribution is 0.410. The predicted octanol–water partition coefficient (Wildman–Crippen LogP) is 2.42. The quantitative estimate of drug-likeness (QED) is 0.796. The highest BCUT2D eigenvalue weighted by atomic mass is 79.9. The van der Waals surface area contributed by atoms with Crippen LogP contribution in [-0.2, 0) is 16.4 Å². The number of nitrogens with zero attached hydrogens (tertiary/aromatic N) is 2. The maximum atomic E-state index is 12.2. The molecule has 20 heavy (non-hydrogen) atoms. The van der Waals surface area contributed by atoms with Crippen molar-refractivity contribution in [1.82, 2.24) is 14.9 Å². The molecule has 1 aromatic carbocycles. The lowest BCUT2D eigenvalue weighted by Crippen LogP contribution is -2.26. The third-order valence-electron chi connectivity index (χ3n) is 2.55. The van der Waals surface area contributed by atoms with E-state index >= 15 is 0 Å². The van der Waals surface area contributed by atoms with Crippen LogP contribution >= 0.6 is 31.9 Å². The summed E-state index contributed by atoms with van der Waals surface area (Å²) < 4.78 is 32.8. The van der Waals surface area contributed by atoms with Crippen molar-refractivity contribution in [2.45, 2.75) is 18.2 Å². The first kappa shape index (κ1) is 15.6. The Morgan fingerprint density at radius 2 is 2.05 bits per heavy atom. The van der Waals surface area contributed by atoms with E-state index in [9.17, 15) is 8.42 Å². The van der Waals surface area contributed by atoms with Crippen LogP contribution in [0.25, 0.3) is 0 Å². The standard InChI is InChI=1S/C11H11Br2N3O3S/c1-7-4-9(13)10(5-8(7)12)20(17,18)15-3-2-11-14-6-19-16-11/h4-6,15H,2-3H2,1H3. The van der Waals surface area contributed by atoms with Crippen LogP contribution in [-0.4, -0.2) is 25.1 Å². The summed E-state index contributed by atoms with van der Waals surface area (Å²) >= 11 is 6.59.